The van der Waals surface area contributed by atoms with E-state index in [2.05, 4.69) is 4.98 Å². The van der Waals surface area contributed by atoms with Crippen molar-refractivity contribution in [3.05, 3.63) is 77.6 Å². The Morgan fingerprint density at radius 2 is 1.68 bits per heavy atom. The van der Waals surface area contributed by atoms with Crippen molar-refractivity contribution in [2.24, 2.45) is 11.8 Å². The molecule has 8 nitrogen and oxygen atoms in total. The lowest BCUT2D eigenvalue weighted by atomic mass is 10.2. The van der Waals surface area contributed by atoms with Gasteiger partial charge in [-0.25, -0.2) is 13.4 Å². The minimum absolute atomic E-state index is 0.171. The normalized spacial score (nSPS) is 12.0. The van der Waals surface area contributed by atoms with E-state index in [1.807, 2.05) is 58.9 Å². The number of aromatic nitrogens is 2. The predicted octanol–water partition coefficient (Wildman–Crippen LogP) is 6.16. The number of methoxy groups -OCH3 is 1. The van der Waals surface area contributed by atoms with Crippen molar-refractivity contribution in [2.75, 3.05) is 25.1 Å². The molecule has 212 valence electrons. The van der Waals surface area contributed by atoms with Crippen LogP contribution in [0.15, 0.2) is 65.8 Å². The van der Waals surface area contributed by atoms with Crippen LogP contribution in [0.1, 0.15) is 49.2 Å². The molecule has 0 N–H and O–H groups in total. The number of anilines is 1. The van der Waals surface area contributed by atoms with Crippen molar-refractivity contribution < 1.29 is 17.9 Å². The van der Waals surface area contributed by atoms with E-state index < -0.39 is 10.0 Å². The number of amides is 1. The fourth-order valence-electron chi connectivity index (χ4n) is 4.44. The number of aryl methyl sites for hydroxylation is 1. The molecule has 0 aliphatic heterocycles. The van der Waals surface area contributed by atoms with Gasteiger partial charge in [0.1, 0.15) is 11.3 Å². The molecule has 2 heterocycles. The van der Waals surface area contributed by atoms with Crippen LogP contribution in [0.25, 0.3) is 10.2 Å². The fraction of sp³-hybridized carbons (Fsp3) is 0.367. The molecule has 0 saturated heterocycles. The number of hydrogen-bond donors (Lipinski definition) is 0. The van der Waals surface area contributed by atoms with E-state index in [0.29, 0.717) is 35.1 Å². The zero-order valence-electron chi connectivity index (χ0n) is 23.8. The van der Waals surface area contributed by atoms with Crippen molar-refractivity contribution in [2.45, 2.75) is 46.1 Å². The molecule has 1 amide bonds. The Balaban J connectivity index is 1.71. The SMILES string of the molecule is COc1ccc(C)c2sc(N(Cc3cccnc3)C(=O)c3ccc(S(=O)(=O)N(CC(C)C)CC(C)C)cc3)nc12. The average Bonchev–Trinajstić information content (AvgIpc) is 3.37. The molecule has 0 spiro atoms. The maximum atomic E-state index is 13.9. The van der Waals surface area contributed by atoms with Crippen molar-refractivity contribution >= 4 is 42.6 Å². The average molecular weight is 581 g/mol. The number of pyridine rings is 1. The topological polar surface area (TPSA) is 92.7 Å². The monoisotopic (exact) mass is 580 g/mol. The zero-order chi connectivity index (χ0) is 29.0. The summed E-state index contributed by atoms with van der Waals surface area (Å²) in [5, 5.41) is 0.521. The molecule has 0 saturated carbocycles. The molecule has 40 heavy (non-hydrogen) atoms. The van der Waals surface area contributed by atoms with Gasteiger partial charge in [-0.05, 0) is 66.3 Å². The maximum absolute atomic E-state index is 13.9. The lowest BCUT2D eigenvalue weighted by molar-refractivity contribution is 0.0985. The lowest BCUT2D eigenvalue weighted by Crippen LogP contribution is -2.37. The second kappa shape index (κ2) is 12.4. The molecule has 4 aromatic rings. The van der Waals surface area contributed by atoms with Gasteiger partial charge in [-0.2, -0.15) is 4.31 Å². The summed E-state index contributed by atoms with van der Waals surface area (Å²) in [6.45, 7) is 11.1. The maximum Gasteiger partial charge on any atom is 0.260 e. The number of nitrogens with zero attached hydrogens (tertiary/aromatic N) is 4. The van der Waals surface area contributed by atoms with Crippen LogP contribution in [0.5, 0.6) is 5.75 Å². The minimum atomic E-state index is -3.71. The van der Waals surface area contributed by atoms with Gasteiger partial charge in [-0.15, -0.1) is 0 Å². The molecule has 0 bridgehead atoms. The summed E-state index contributed by atoms with van der Waals surface area (Å²) in [5.41, 5.74) is 2.94. The van der Waals surface area contributed by atoms with Crippen LogP contribution in [0.4, 0.5) is 5.13 Å². The smallest absolute Gasteiger partial charge is 0.260 e. The van der Waals surface area contributed by atoms with Crippen molar-refractivity contribution in [1.82, 2.24) is 14.3 Å². The summed E-state index contributed by atoms with van der Waals surface area (Å²) in [5.74, 6) is 0.724. The summed E-state index contributed by atoms with van der Waals surface area (Å²) >= 11 is 1.42. The van der Waals surface area contributed by atoms with Gasteiger partial charge in [-0.3, -0.25) is 14.7 Å². The third-order valence-corrected chi connectivity index (χ3v) is 9.39. The molecule has 0 radical (unpaired) electrons. The fourth-order valence-corrected chi connectivity index (χ4v) is 7.25. The Kier molecular flexibility index (Phi) is 9.22. The molecule has 0 aliphatic carbocycles. The van der Waals surface area contributed by atoms with E-state index >= 15 is 0 Å². The predicted molar refractivity (Wildman–Crippen MR) is 161 cm³/mol. The quantitative estimate of drug-likeness (QED) is 0.211. The van der Waals surface area contributed by atoms with E-state index in [9.17, 15) is 13.2 Å². The zero-order valence-corrected chi connectivity index (χ0v) is 25.4. The summed E-state index contributed by atoms with van der Waals surface area (Å²) < 4.78 is 34.9. The van der Waals surface area contributed by atoms with Crippen LogP contribution in [0.3, 0.4) is 0 Å². The van der Waals surface area contributed by atoms with Gasteiger partial charge < -0.3 is 4.74 Å². The van der Waals surface area contributed by atoms with Crippen molar-refractivity contribution in [1.29, 1.82) is 0 Å². The number of carbonyl (C=O) groups excluding carboxylic acids is 1. The number of hydrogen-bond acceptors (Lipinski definition) is 7. The third kappa shape index (κ3) is 6.51. The van der Waals surface area contributed by atoms with Gasteiger partial charge in [-0.1, -0.05) is 51.2 Å². The number of ether oxygens (including phenoxy) is 1. The van der Waals surface area contributed by atoms with Crippen LogP contribution < -0.4 is 9.64 Å². The first kappa shape index (κ1) is 29.6. The highest BCUT2D eigenvalue weighted by Gasteiger charge is 2.28. The summed E-state index contributed by atoms with van der Waals surface area (Å²) in [4.78, 5) is 24.7. The molecular formula is C30H36N4O4S2. The standard InChI is InChI=1S/C30H36N4O4S2/c1-20(2)17-33(18-21(3)4)40(36,37)25-12-10-24(11-13-25)29(35)34(19-23-8-7-15-31-16-23)30-32-27-26(38-6)14-9-22(5)28(27)39-30/h7-16,20-21H,17-19H2,1-6H3. The van der Waals surface area contributed by atoms with Gasteiger partial charge in [0.2, 0.25) is 10.0 Å². The minimum Gasteiger partial charge on any atom is -0.494 e. The van der Waals surface area contributed by atoms with E-state index in [0.717, 1.165) is 15.8 Å². The van der Waals surface area contributed by atoms with Gasteiger partial charge in [0.15, 0.2) is 5.13 Å². The first-order valence-corrected chi connectivity index (χ1v) is 15.5. The molecule has 2 aromatic carbocycles. The Morgan fingerprint density at radius 1 is 1.00 bits per heavy atom. The number of fused-ring (bicyclic) bond motifs is 1. The number of carbonyl (C=O) groups is 1. The van der Waals surface area contributed by atoms with Gasteiger partial charge >= 0.3 is 0 Å². The third-order valence-electron chi connectivity index (χ3n) is 6.33. The summed E-state index contributed by atoms with van der Waals surface area (Å²) in [6.07, 6.45) is 3.40. The van der Waals surface area contributed by atoms with E-state index in [-0.39, 0.29) is 29.2 Å². The van der Waals surface area contributed by atoms with Crippen LogP contribution in [0, 0.1) is 18.8 Å². The molecule has 0 unspecified atom stereocenters. The Morgan fingerprint density at radius 3 is 2.25 bits per heavy atom. The van der Waals surface area contributed by atoms with E-state index in [4.69, 9.17) is 9.72 Å². The van der Waals surface area contributed by atoms with Crippen LogP contribution in [0.2, 0.25) is 0 Å². The molecule has 0 fully saturated rings. The highest BCUT2D eigenvalue weighted by molar-refractivity contribution is 7.89. The highest BCUT2D eigenvalue weighted by Crippen LogP contribution is 2.37. The van der Waals surface area contributed by atoms with Crippen LogP contribution in [-0.4, -0.2) is 48.8 Å². The molecule has 0 aliphatic rings. The van der Waals surface area contributed by atoms with Crippen LogP contribution >= 0.6 is 11.3 Å². The first-order chi connectivity index (χ1) is 19.0. The molecule has 10 heteroatoms. The van der Waals surface area contributed by atoms with E-state index in [1.165, 1.54) is 27.8 Å². The molecule has 0 atom stereocenters. The Labute approximate surface area is 240 Å². The summed E-state index contributed by atoms with van der Waals surface area (Å²) in [7, 11) is -2.11. The molecule has 4 rings (SSSR count). The van der Waals surface area contributed by atoms with Gasteiger partial charge in [0.05, 0.1) is 23.2 Å². The number of sulfonamides is 1. The Bertz CT molecular complexity index is 1560. The van der Waals surface area contributed by atoms with Crippen molar-refractivity contribution in [3.63, 3.8) is 0 Å². The van der Waals surface area contributed by atoms with Gasteiger partial charge in [0.25, 0.3) is 5.91 Å². The first-order valence-electron chi connectivity index (χ1n) is 13.3. The lowest BCUT2D eigenvalue weighted by Gasteiger charge is -2.26. The largest absolute Gasteiger partial charge is 0.494 e. The van der Waals surface area contributed by atoms with E-state index in [1.54, 1.807) is 36.5 Å². The highest BCUT2D eigenvalue weighted by atomic mass is 32.2. The second-order valence-electron chi connectivity index (χ2n) is 10.6. The van der Waals surface area contributed by atoms with Crippen LogP contribution in [-0.2, 0) is 16.6 Å². The molecule has 2 aromatic heterocycles. The van der Waals surface area contributed by atoms with Gasteiger partial charge in [0, 0.05) is 31.0 Å². The van der Waals surface area contributed by atoms with Crippen molar-refractivity contribution in [3.8, 4) is 5.75 Å². The molecular weight excluding hydrogens is 544 g/mol. The number of benzene rings is 2. The second-order valence-corrected chi connectivity index (χ2v) is 13.6. The number of thiazole rings is 1. The summed E-state index contributed by atoms with van der Waals surface area (Å²) in [6, 6.07) is 13.8. The Hall–Kier alpha value is -3.34. The number of rotatable bonds is 11.